The Morgan fingerprint density at radius 3 is 2.59 bits per heavy atom. The van der Waals surface area contributed by atoms with Crippen LogP contribution in [0.15, 0.2) is 12.1 Å². The van der Waals surface area contributed by atoms with Crippen LogP contribution in [-0.4, -0.2) is 16.2 Å². The van der Waals surface area contributed by atoms with E-state index in [1.165, 1.54) is 5.56 Å². The highest BCUT2D eigenvalue weighted by atomic mass is 16.4. The minimum absolute atomic E-state index is 0.367. The highest BCUT2D eigenvalue weighted by Crippen LogP contribution is 2.32. The van der Waals surface area contributed by atoms with E-state index in [2.05, 4.69) is 0 Å². The molecule has 0 amide bonds. The van der Waals surface area contributed by atoms with Gasteiger partial charge in [-0.05, 0) is 54.9 Å². The minimum Gasteiger partial charge on any atom is -0.508 e. The van der Waals surface area contributed by atoms with Gasteiger partial charge in [-0.15, -0.1) is 0 Å². The van der Waals surface area contributed by atoms with Crippen molar-refractivity contribution >= 4 is 5.97 Å². The first-order chi connectivity index (χ1) is 8.09. The van der Waals surface area contributed by atoms with Crippen LogP contribution in [0.2, 0.25) is 0 Å². The second-order valence-electron chi connectivity index (χ2n) is 4.85. The number of hydrogen-bond donors (Lipinski definition) is 2. The Bertz CT molecular complexity index is 437. The molecule has 2 N–H and O–H groups in total. The SMILES string of the molecule is CC(Cc1ccc(O)c2c1CCCC2)C(=O)O. The smallest absolute Gasteiger partial charge is 0.306 e. The molecule has 3 nitrogen and oxygen atoms in total. The van der Waals surface area contributed by atoms with E-state index < -0.39 is 5.97 Å². The average molecular weight is 234 g/mol. The summed E-state index contributed by atoms with van der Waals surface area (Å²) in [5.74, 6) is -0.764. The molecule has 1 aliphatic carbocycles. The van der Waals surface area contributed by atoms with Crippen molar-refractivity contribution in [3.05, 3.63) is 28.8 Å². The maximum atomic E-state index is 10.9. The molecular weight excluding hydrogens is 216 g/mol. The second kappa shape index (κ2) is 4.78. The third-order valence-corrected chi connectivity index (χ3v) is 3.55. The van der Waals surface area contributed by atoms with Crippen molar-refractivity contribution in [2.24, 2.45) is 5.92 Å². The zero-order valence-electron chi connectivity index (χ0n) is 10.1. The quantitative estimate of drug-likeness (QED) is 0.845. The van der Waals surface area contributed by atoms with Gasteiger partial charge < -0.3 is 10.2 Å². The van der Waals surface area contributed by atoms with E-state index >= 15 is 0 Å². The number of aromatic hydroxyl groups is 1. The first-order valence-electron chi connectivity index (χ1n) is 6.15. The number of carbonyl (C=O) groups is 1. The minimum atomic E-state index is -0.761. The van der Waals surface area contributed by atoms with Crippen molar-refractivity contribution in [3.8, 4) is 5.75 Å². The van der Waals surface area contributed by atoms with Crippen LogP contribution < -0.4 is 0 Å². The van der Waals surface area contributed by atoms with E-state index in [0.717, 1.165) is 36.8 Å². The number of phenols is 1. The maximum Gasteiger partial charge on any atom is 0.306 e. The fourth-order valence-corrected chi connectivity index (χ4v) is 2.53. The molecular formula is C14H18O3. The van der Waals surface area contributed by atoms with E-state index in [-0.39, 0.29) is 5.92 Å². The Hall–Kier alpha value is -1.51. The van der Waals surface area contributed by atoms with Gasteiger partial charge in [0.05, 0.1) is 5.92 Å². The molecule has 17 heavy (non-hydrogen) atoms. The summed E-state index contributed by atoms with van der Waals surface area (Å²) in [6.07, 6.45) is 4.67. The van der Waals surface area contributed by atoms with Crippen molar-refractivity contribution in [1.82, 2.24) is 0 Å². The molecule has 0 heterocycles. The summed E-state index contributed by atoms with van der Waals surface area (Å²) in [6, 6.07) is 3.58. The van der Waals surface area contributed by atoms with Crippen LogP contribution in [0, 0.1) is 5.92 Å². The molecule has 2 rings (SSSR count). The van der Waals surface area contributed by atoms with Gasteiger partial charge in [0, 0.05) is 0 Å². The number of rotatable bonds is 3. The van der Waals surface area contributed by atoms with Gasteiger partial charge in [0.25, 0.3) is 0 Å². The van der Waals surface area contributed by atoms with Gasteiger partial charge in [-0.3, -0.25) is 4.79 Å². The summed E-state index contributed by atoms with van der Waals surface area (Å²) in [4.78, 5) is 10.9. The number of carboxylic acid groups (broad SMARTS) is 1. The molecule has 0 spiro atoms. The number of benzene rings is 1. The number of fused-ring (bicyclic) bond motifs is 1. The number of phenolic OH excluding ortho intramolecular Hbond substituents is 1. The summed E-state index contributed by atoms with van der Waals surface area (Å²) in [5.41, 5.74) is 3.31. The molecule has 1 atom stereocenters. The molecule has 0 aliphatic heterocycles. The van der Waals surface area contributed by atoms with E-state index in [1.807, 2.05) is 6.07 Å². The highest BCUT2D eigenvalue weighted by Gasteiger charge is 2.19. The monoisotopic (exact) mass is 234 g/mol. The first kappa shape index (κ1) is 12.0. The van der Waals surface area contributed by atoms with Gasteiger partial charge in [-0.2, -0.15) is 0 Å². The molecule has 0 aromatic heterocycles. The Balaban J connectivity index is 2.32. The summed E-state index contributed by atoms with van der Waals surface area (Å²) < 4.78 is 0. The molecule has 1 unspecified atom stereocenters. The fraction of sp³-hybridized carbons (Fsp3) is 0.500. The third-order valence-electron chi connectivity index (χ3n) is 3.55. The normalized spacial score (nSPS) is 16.3. The Morgan fingerprint density at radius 1 is 1.29 bits per heavy atom. The van der Waals surface area contributed by atoms with Crippen LogP contribution in [0.4, 0.5) is 0 Å². The number of carboxylic acids is 1. The van der Waals surface area contributed by atoms with Crippen LogP contribution >= 0.6 is 0 Å². The lowest BCUT2D eigenvalue weighted by atomic mass is 9.85. The topological polar surface area (TPSA) is 57.5 Å². The molecule has 92 valence electrons. The Kier molecular flexibility index (Phi) is 3.36. The van der Waals surface area contributed by atoms with Crippen LogP contribution in [-0.2, 0) is 24.1 Å². The van der Waals surface area contributed by atoms with Gasteiger partial charge in [0.1, 0.15) is 5.75 Å². The predicted molar refractivity (Wildman–Crippen MR) is 65.3 cm³/mol. The standard InChI is InChI=1S/C14H18O3/c1-9(14(16)17)8-10-6-7-13(15)12-5-3-2-4-11(10)12/h6-7,9,15H,2-5,8H2,1H3,(H,16,17). The predicted octanol–water partition coefficient (Wildman–Crippen LogP) is 2.53. The lowest BCUT2D eigenvalue weighted by molar-refractivity contribution is -0.141. The molecule has 1 aromatic carbocycles. The molecule has 0 saturated heterocycles. The van der Waals surface area contributed by atoms with Crippen LogP contribution in [0.1, 0.15) is 36.5 Å². The van der Waals surface area contributed by atoms with Crippen molar-refractivity contribution in [2.75, 3.05) is 0 Å². The summed E-state index contributed by atoms with van der Waals surface area (Å²) in [7, 11) is 0. The van der Waals surface area contributed by atoms with Gasteiger partial charge >= 0.3 is 5.97 Å². The van der Waals surface area contributed by atoms with E-state index in [0.29, 0.717) is 12.2 Å². The summed E-state index contributed by atoms with van der Waals surface area (Å²) in [5, 5.41) is 18.8. The zero-order valence-corrected chi connectivity index (χ0v) is 10.1. The average Bonchev–Trinajstić information content (AvgIpc) is 2.33. The van der Waals surface area contributed by atoms with Crippen molar-refractivity contribution in [3.63, 3.8) is 0 Å². The summed E-state index contributed by atoms with van der Waals surface area (Å²) >= 11 is 0. The van der Waals surface area contributed by atoms with Gasteiger partial charge in [0.15, 0.2) is 0 Å². The lowest BCUT2D eigenvalue weighted by Crippen LogP contribution is -2.15. The molecule has 0 saturated carbocycles. The number of hydrogen-bond acceptors (Lipinski definition) is 2. The Morgan fingerprint density at radius 2 is 1.94 bits per heavy atom. The Labute approximate surface area is 101 Å². The highest BCUT2D eigenvalue weighted by molar-refractivity contribution is 5.70. The van der Waals surface area contributed by atoms with Crippen LogP contribution in [0.5, 0.6) is 5.75 Å². The molecule has 0 fully saturated rings. The van der Waals surface area contributed by atoms with Gasteiger partial charge in [0.2, 0.25) is 0 Å². The van der Waals surface area contributed by atoms with Gasteiger partial charge in [-0.25, -0.2) is 0 Å². The maximum absolute atomic E-state index is 10.9. The largest absolute Gasteiger partial charge is 0.508 e. The first-order valence-corrected chi connectivity index (χ1v) is 6.15. The van der Waals surface area contributed by atoms with Crippen molar-refractivity contribution in [1.29, 1.82) is 0 Å². The molecule has 1 aromatic rings. The van der Waals surface area contributed by atoms with Crippen molar-refractivity contribution < 1.29 is 15.0 Å². The van der Waals surface area contributed by atoms with E-state index in [1.54, 1.807) is 13.0 Å². The molecule has 1 aliphatic rings. The fourth-order valence-electron chi connectivity index (χ4n) is 2.53. The second-order valence-corrected chi connectivity index (χ2v) is 4.85. The van der Waals surface area contributed by atoms with E-state index in [4.69, 9.17) is 5.11 Å². The summed E-state index contributed by atoms with van der Waals surface area (Å²) in [6.45, 7) is 1.73. The van der Waals surface area contributed by atoms with Crippen LogP contribution in [0.25, 0.3) is 0 Å². The third kappa shape index (κ3) is 2.43. The molecule has 0 radical (unpaired) electrons. The van der Waals surface area contributed by atoms with Crippen LogP contribution in [0.3, 0.4) is 0 Å². The van der Waals surface area contributed by atoms with E-state index in [9.17, 15) is 9.90 Å². The van der Waals surface area contributed by atoms with Gasteiger partial charge in [-0.1, -0.05) is 13.0 Å². The molecule has 0 bridgehead atoms. The number of aliphatic carboxylic acids is 1. The zero-order chi connectivity index (χ0) is 12.4. The lowest BCUT2D eigenvalue weighted by Gasteiger charge is -2.21. The molecule has 3 heteroatoms. The van der Waals surface area contributed by atoms with Crippen molar-refractivity contribution in [2.45, 2.75) is 39.0 Å².